The Morgan fingerprint density at radius 1 is 1.00 bits per heavy atom. The van der Waals surface area contributed by atoms with Crippen LogP contribution in [0.4, 0.5) is 4.39 Å². The number of hydrogen-bond donors (Lipinski definition) is 2. The molecule has 0 unspecified atom stereocenters. The van der Waals surface area contributed by atoms with Crippen molar-refractivity contribution in [2.75, 3.05) is 12.9 Å². The molecule has 178 valence electrons. The van der Waals surface area contributed by atoms with Crippen molar-refractivity contribution in [1.82, 2.24) is 25.6 Å². The fourth-order valence-electron chi connectivity index (χ4n) is 3.16. The van der Waals surface area contributed by atoms with Crippen LogP contribution < -0.4 is 15.6 Å². The van der Waals surface area contributed by atoms with Gasteiger partial charge in [-0.25, -0.2) is 4.39 Å². The van der Waals surface area contributed by atoms with Gasteiger partial charge in [-0.3, -0.25) is 25.0 Å². The van der Waals surface area contributed by atoms with E-state index in [2.05, 4.69) is 21.0 Å². The summed E-state index contributed by atoms with van der Waals surface area (Å²) in [6.07, 6.45) is 0. The zero-order chi connectivity index (χ0) is 24.8. The summed E-state index contributed by atoms with van der Waals surface area (Å²) in [6, 6.07) is 19.5. The third kappa shape index (κ3) is 5.79. The first-order valence-electron chi connectivity index (χ1n) is 10.3. The number of amides is 2. The van der Waals surface area contributed by atoms with Crippen molar-refractivity contribution in [3.63, 3.8) is 0 Å². The standard InChI is InChI=1S/C24H19ClFN5O3S/c1-34-20-5-3-2-4-19(20)22-28-30-24(31(22)18-12-8-16(25)9-13-18)35-14-21(32)27-29-23(33)15-6-10-17(26)11-7-15/h2-13H,14H2,1H3,(H,27,32)(H,29,33). The molecule has 0 fully saturated rings. The van der Waals surface area contributed by atoms with Gasteiger partial charge in [0, 0.05) is 16.3 Å². The van der Waals surface area contributed by atoms with Crippen molar-refractivity contribution in [2.45, 2.75) is 5.16 Å². The molecule has 0 spiro atoms. The summed E-state index contributed by atoms with van der Waals surface area (Å²) in [7, 11) is 1.57. The number of methoxy groups -OCH3 is 1. The van der Waals surface area contributed by atoms with Gasteiger partial charge in [0.25, 0.3) is 5.91 Å². The molecule has 0 aliphatic rings. The van der Waals surface area contributed by atoms with E-state index in [-0.39, 0.29) is 11.3 Å². The number of rotatable bonds is 7. The summed E-state index contributed by atoms with van der Waals surface area (Å²) in [6.45, 7) is 0. The van der Waals surface area contributed by atoms with Crippen molar-refractivity contribution in [2.24, 2.45) is 0 Å². The molecule has 1 heterocycles. The number of ether oxygens (including phenoxy) is 1. The van der Waals surface area contributed by atoms with Crippen LogP contribution in [0.3, 0.4) is 0 Å². The van der Waals surface area contributed by atoms with E-state index in [1.54, 1.807) is 23.8 Å². The third-order valence-corrected chi connectivity index (χ3v) is 6.00. The summed E-state index contributed by atoms with van der Waals surface area (Å²) < 4.78 is 20.3. The molecule has 8 nitrogen and oxygen atoms in total. The molecule has 4 rings (SSSR count). The number of benzene rings is 3. The van der Waals surface area contributed by atoms with Gasteiger partial charge in [-0.05, 0) is 60.7 Å². The number of nitrogens with one attached hydrogen (secondary N) is 2. The predicted molar refractivity (Wildman–Crippen MR) is 131 cm³/mol. The van der Waals surface area contributed by atoms with Crippen LogP contribution in [-0.2, 0) is 4.79 Å². The van der Waals surface area contributed by atoms with E-state index in [9.17, 15) is 14.0 Å². The van der Waals surface area contributed by atoms with Crippen LogP contribution in [0.5, 0.6) is 5.75 Å². The topological polar surface area (TPSA) is 98.1 Å². The molecule has 2 amide bonds. The molecule has 1 aromatic heterocycles. The monoisotopic (exact) mass is 511 g/mol. The molecule has 35 heavy (non-hydrogen) atoms. The average molecular weight is 512 g/mol. The quantitative estimate of drug-likeness (QED) is 0.284. The maximum Gasteiger partial charge on any atom is 0.269 e. The van der Waals surface area contributed by atoms with Crippen LogP contribution in [0.1, 0.15) is 10.4 Å². The zero-order valence-corrected chi connectivity index (χ0v) is 19.9. The minimum atomic E-state index is -0.564. The van der Waals surface area contributed by atoms with Gasteiger partial charge in [0.15, 0.2) is 11.0 Å². The van der Waals surface area contributed by atoms with Gasteiger partial charge in [0.1, 0.15) is 11.6 Å². The van der Waals surface area contributed by atoms with Gasteiger partial charge < -0.3 is 4.74 Å². The molecule has 11 heteroatoms. The SMILES string of the molecule is COc1ccccc1-c1nnc(SCC(=O)NNC(=O)c2ccc(F)cc2)n1-c1ccc(Cl)cc1. The lowest BCUT2D eigenvalue weighted by Gasteiger charge is -2.12. The summed E-state index contributed by atoms with van der Waals surface area (Å²) in [5.74, 6) is -0.396. The summed E-state index contributed by atoms with van der Waals surface area (Å²) in [4.78, 5) is 24.5. The van der Waals surface area contributed by atoms with Gasteiger partial charge in [0.2, 0.25) is 5.91 Å². The van der Waals surface area contributed by atoms with Crippen molar-refractivity contribution >= 4 is 35.2 Å². The fourth-order valence-corrected chi connectivity index (χ4v) is 4.03. The number of thioether (sulfide) groups is 1. The smallest absolute Gasteiger partial charge is 0.269 e. The number of carbonyl (C=O) groups excluding carboxylic acids is 2. The first-order valence-corrected chi connectivity index (χ1v) is 11.6. The van der Waals surface area contributed by atoms with Crippen LogP contribution in [0, 0.1) is 5.82 Å². The molecule has 0 saturated heterocycles. The molecule has 0 bridgehead atoms. The van der Waals surface area contributed by atoms with E-state index in [4.69, 9.17) is 16.3 Å². The minimum Gasteiger partial charge on any atom is -0.496 e. The second-order valence-electron chi connectivity index (χ2n) is 7.12. The Balaban J connectivity index is 1.52. The van der Waals surface area contributed by atoms with Crippen LogP contribution in [0.2, 0.25) is 5.02 Å². The van der Waals surface area contributed by atoms with E-state index >= 15 is 0 Å². The zero-order valence-electron chi connectivity index (χ0n) is 18.4. The molecular weight excluding hydrogens is 493 g/mol. The van der Waals surface area contributed by atoms with Crippen LogP contribution in [0.15, 0.2) is 78.0 Å². The van der Waals surface area contributed by atoms with Crippen molar-refractivity contribution in [3.05, 3.63) is 89.2 Å². The van der Waals surface area contributed by atoms with E-state index < -0.39 is 17.6 Å². The van der Waals surface area contributed by atoms with Crippen LogP contribution >= 0.6 is 23.4 Å². The molecule has 3 aromatic carbocycles. The lowest BCUT2D eigenvalue weighted by atomic mass is 10.2. The second kappa shape index (κ2) is 11.0. The van der Waals surface area contributed by atoms with E-state index in [1.807, 2.05) is 36.4 Å². The molecule has 0 atom stereocenters. The Hall–Kier alpha value is -3.89. The second-order valence-corrected chi connectivity index (χ2v) is 8.50. The van der Waals surface area contributed by atoms with Gasteiger partial charge in [0.05, 0.1) is 18.4 Å². The Morgan fingerprint density at radius 2 is 1.71 bits per heavy atom. The predicted octanol–water partition coefficient (Wildman–Crippen LogP) is 4.29. The summed E-state index contributed by atoms with van der Waals surface area (Å²) in [5, 5.41) is 9.64. The fraction of sp³-hybridized carbons (Fsp3) is 0.0833. The molecule has 0 radical (unpaired) electrons. The normalized spacial score (nSPS) is 10.6. The Bertz CT molecular complexity index is 1350. The average Bonchev–Trinajstić information content (AvgIpc) is 3.30. The first kappa shape index (κ1) is 24.2. The van der Waals surface area contributed by atoms with Gasteiger partial charge in [-0.1, -0.05) is 35.5 Å². The molecule has 4 aromatic rings. The minimum absolute atomic E-state index is 0.0542. The number of hydrogen-bond acceptors (Lipinski definition) is 6. The van der Waals surface area contributed by atoms with Crippen molar-refractivity contribution in [3.8, 4) is 22.8 Å². The number of aromatic nitrogens is 3. The molecule has 0 aliphatic heterocycles. The molecule has 0 aliphatic carbocycles. The van der Waals surface area contributed by atoms with E-state index in [0.717, 1.165) is 35.1 Å². The highest BCUT2D eigenvalue weighted by Gasteiger charge is 2.20. The largest absolute Gasteiger partial charge is 0.496 e. The van der Waals surface area contributed by atoms with Gasteiger partial charge in [-0.2, -0.15) is 0 Å². The lowest BCUT2D eigenvalue weighted by Crippen LogP contribution is -2.42. The maximum atomic E-state index is 13.0. The van der Waals surface area contributed by atoms with Gasteiger partial charge >= 0.3 is 0 Å². The van der Waals surface area contributed by atoms with Crippen molar-refractivity contribution < 1.29 is 18.7 Å². The van der Waals surface area contributed by atoms with Crippen LogP contribution in [-0.4, -0.2) is 39.4 Å². The van der Waals surface area contributed by atoms with E-state index in [0.29, 0.717) is 21.8 Å². The Labute approximate surface area is 209 Å². The highest BCUT2D eigenvalue weighted by molar-refractivity contribution is 7.99. The Morgan fingerprint density at radius 3 is 2.43 bits per heavy atom. The van der Waals surface area contributed by atoms with Crippen molar-refractivity contribution in [1.29, 1.82) is 0 Å². The number of para-hydroxylation sites is 1. The number of hydrazine groups is 1. The van der Waals surface area contributed by atoms with Crippen LogP contribution in [0.25, 0.3) is 17.1 Å². The highest BCUT2D eigenvalue weighted by atomic mass is 35.5. The number of halogens is 2. The summed E-state index contributed by atoms with van der Waals surface area (Å²) >= 11 is 7.20. The molecule has 2 N–H and O–H groups in total. The lowest BCUT2D eigenvalue weighted by molar-refractivity contribution is -0.119. The number of carbonyl (C=O) groups is 2. The highest BCUT2D eigenvalue weighted by Crippen LogP contribution is 2.33. The van der Waals surface area contributed by atoms with E-state index in [1.165, 1.54) is 12.1 Å². The Kier molecular flexibility index (Phi) is 7.64. The summed E-state index contributed by atoms with van der Waals surface area (Å²) in [5.41, 5.74) is 6.32. The molecule has 0 saturated carbocycles. The van der Waals surface area contributed by atoms with Gasteiger partial charge in [-0.15, -0.1) is 10.2 Å². The maximum absolute atomic E-state index is 13.0. The third-order valence-electron chi connectivity index (χ3n) is 4.82. The molecular formula is C24H19ClFN5O3S. The number of nitrogens with zero attached hydrogens (tertiary/aromatic N) is 3. The first-order chi connectivity index (χ1) is 17.0.